The van der Waals surface area contributed by atoms with Crippen molar-refractivity contribution in [3.63, 3.8) is 0 Å². The van der Waals surface area contributed by atoms with E-state index in [0.29, 0.717) is 60.7 Å². The summed E-state index contributed by atoms with van der Waals surface area (Å²) in [5.41, 5.74) is 2.80. The van der Waals surface area contributed by atoms with Crippen molar-refractivity contribution in [2.75, 3.05) is 73.3 Å². The van der Waals surface area contributed by atoms with Crippen LogP contribution in [0, 0.1) is 5.92 Å². The number of hydrogen-bond donors (Lipinski definition) is 1. The van der Waals surface area contributed by atoms with Gasteiger partial charge in [0.1, 0.15) is 23.9 Å². The highest BCUT2D eigenvalue weighted by Crippen LogP contribution is 2.33. The summed E-state index contributed by atoms with van der Waals surface area (Å²) in [6.07, 6.45) is -0.909. The largest absolute Gasteiger partial charge is 0.611 e. The number of ether oxygens (including phenoxy) is 1. The molecular formula is C27H37F3N8O3S. The molecular weight excluding hydrogens is 573 g/mol. The van der Waals surface area contributed by atoms with Gasteiger partial charge in [-0.25, -0.2) is 14.8 Å². The number of nitrogens with zero attached hydrogens (tertiary/aromatic N) is 7. The SMILES string of the molecule is CCN1CCc2ncc(N3CCN(c4nc5c(c(N[C@@H](COC(=O)C(F)(F)F)C(C)C)n4)[S+]([O-])CC5)CC3)nc2CC1. The van der Waals surface area contributed by atoms with Crippen LogP contribution in [0.2, 0.25) is 0 Å². The number of esters is 1. The number of piperazine rings is 1. The molecule has 0 aliphatic carbocycles. The minimum atomic E-state index is -5.07. The zero-order chi connectivity index (χ0) is 30.0. The quantitative estimate of drug-likeness (QED) is 0.350. The molecule has 2 aromatic rings. The molecule has 0 saturated carbocycles. The Morgan fingerprint density at radius 3 is 2.38 bits per heavy atom. The molecule has 5 heterocycles. The Hall–Kier alpha value is -2.91. The number of anilines is 3. The molecule has 5 rings (SSSR count). The second-order valence-corrected chi connectivity index (χ2v) is 12.6. The van der Waals surface area contributed by atoms with Gasteiger partial charge in [-0.3, -0.25) is 4.98 Å². The monoisotopic (exact) mass is 610 g/mol. The van der Waals surface area contributed by atoms with Crippen LogP contribution >= 0.6 is 0 Å². The van der Waals surface area contributed by atoms with Crippen LogP contribution in [0.5, 0.6) is 0 Å². The summed E-state index contributed by atoms with van der Waals surface area (Å²) >= 11 is -1.34. The molecule has 0 aromatic carbocycles. The second-order valence-electron chi connectivity index (χ2n) is 11.1. The highest BCUT2D eigenvalue weighted by atomic mass is 32.2. The molecule has 1 saturated heterocycles. The Labute approximate surface area is 246 Å². The number of halogens is 3. The van der Waals surface area contributed by atoms with E-state index in [2.05, 4.69) is 26.8 Å². The fourth-order valence-corrected chi connectivity index (χ4v) is 6.66. The first-order chi connectivity index (χ1) is 20.0. The zero-order valence-corrected chi connectivity index (χ0v) is 24.9. The summed E-state index contributed by atoms with van der Waals surface area (Å²) in [6, 6.07) is -0.672. The number of alkyl halides is 3. The molecule has 230 valence electrons. The molecule has 1 fully saturated rings. The molecule has 0 bridgehead atoms. The molecule has 2 aromatic heterocycles. The number of aromatic nitrogens is 4. The number of carbonyl (C=O) groups excluding carboxylic acids is 1. The number of carbonyl (C=O) groups is 1. The van der Waals surface area contributed by atoms with Crippen molar-refractivity contribution in [1.29, 1.82) is 0 Å². The van der Waals surface area contributed by atoms with Gasteiger partial charge < -0.3 is 29.3 Å². The Morgan fingerprint density at radius 1 is 1.02 bits per heavy atom. The molecule has 15 heteroatoms. The number of rotatable bonds is 8. The van der Waals surface area contributed by atoms with Crippen LogP contribution < -0.4 is 15.1 Å². The fourth-order valence-electron chi connectivity index (χ4n) is 5.34. The third kappa shape index (κ3) is 6.83. The average Bonchev–Trinajstić information content (AvgIpc) is 3.22. The first-order valence-corrected chi connectivity index (χ1v) is 15.7. The number of nitrogens with one attached hydrogen (secondary N) is 1. The van der Waals surface area contributed by atoms with Crippen LogP contribution in [0.15, 0.2) is 11.1 Å². The van der Waals surface area contributed by atoms with Gasteiger partial charge in [0, 0.05) is 58.5 Å². The van der Waals surface area contributed by atoms with E-state index in [9.17, 15) is 22.5 Å². The van der Waals surface area contributed by atoms with E-state index in [1.54, 1.807) is 13.8 Å². The minimum Gasteiger partial charge on any atom is -0.611 e. The highest BCUT2D eigenvalue weighted by Gasteiger charge is 2.41. The number of fused-ring (bicyclic) bond motifs is 2. The predicted octanol–water partition coefficient (Wildman–Crippen LogP) is 2.22. The normalized spacial score (nSPS) is 20.2. The Balaban J connectivity index is 1.29. The summed E-state index contributed by atoms with van der Waals surface area (Å²) in [7, 11) is 0. The average molecular weight is 611 g/mol. The molecule has 0 amide bonds. The number of aryl methyl sites for hydroxylation is 1. The van der Waals surface area contributed by atoms with Gasteiger partial charge in [-0.1, -0.05) is 20.8 Å². The maximum atomic E-state index is 12.8. The van der Waals surface area contributed by atoms with Gasteiger partial charge in [0.25, 0.3) is 0 Å². The van der Waals surface area contributed by atoms with Gasteiger partial charge in [-0.2, -0.15) is 18.2 Å². The third-order valence-electron chi connectivity index (χ3n) is 8.01. The van der Waals surface area contributed by atoms with E-state index in [0.717, 1.165) is 49.7 Å². The third-order valence-corrected chi connectivity index (χ3v) is 9.47. The van der Waals surface area contributed by atoms with Gasteiger partial charge >= 0.3 is 12.1 Å². The number of hydrogen-bond acceptors (Lipinski definition) is 11. The first-order valence-electron chi connectivity index (χ1n) is 14.4. The van der Waals surface area contributed by atoms with Crippen LogP contribution in [-0.2, 0) is 40.0 Å². The van der Waals surface area contributed by atoms with Crippen LogP contribution in [0.3, 0.4) is 0 Å². The highest BCUT2D eigenvalue weighted by molar-refractivity contribution is 7.91. The topological polar surface area (TPSA) is 123 Å². The van der Waals surface area contributed by atoms with E-state index in [4.69, 9.17) is 19.9 Å². The lowest BCUT2D eigenvalue weighted by Crippen LogP contribution is -2.47. The van der Waals surface area contributed by atoms with Crippen LogP contribution in [0.4, 0.5) is 30.8 Å². The summed E-state index contributed by atoms with van der Waals surface area (Å²) in [4.78, 5) is 37.6. The molecule has 0 radical (unpaired) electrons. The first kappa shape index (κ1) is 30.5. The van der Waals surface area contributed by atoms with Gasteiger partial charge in [0.15, 0.2) is 5.82 Å². The van der Waals surface area contributed by atoms with Crippen molar-refractivity contribution in [2.45, 2.75) is 57.1 Å². The minimum absolute atomic E-state index is 0.203. The van der Waals surface area contributed by atoms with Crippen LogP contribution in [0.25, 0.3) is 0 Å². The molecule has 3 aliphatic heterocycles. The van der Waals surface area contributed by atoms with Crippen molar-refractivity contribution in [2.24, 2.45) is 5.92 Å². The number of likely N-dealkylation sites (N-methyl/N-ethyl adjacent to an activating group) is 1. The van der Waals surface area contributed by atoms with E-state index in [-0.39, 0.29) is 5.92 Å². The van der Waals surface area contributed by atoms with Gasteiger partial charge in [0.2, 0.25) is 10.8 Å². The summed E-state index contributed by atoms with van der Waals surface area (Å²) < 4.78 is 55.4. The van der Waals surface area contributed by atoms with E-state index in [1.807, 2.05) is 11.1 Å². The van der Waals surface area contributed by atoms with Crippen molar-refractivity contribution in [3.05, 3.63) is 23.3 Å². The maximum Gasteiger partial charge on any atom is 0.490 e. The Morgan fingerprint density at radius 2 is 1.71 bits per heavy atom. The van der Waals surface area contributed by atoms with Crippen molar-refractivity contribution in [1.82, 2.24) is 24.8 Å². The predicted molar refractivity (Wildman–Crippen MR) is 152 cm³/mol. The molecule has 1 N–H and O–H groups in total. The Bertz CT molecular complexity index is 1280. The standard InChI is InChI=1S/C27H37F3N8O3S/c1-4-36-8-5-18-19(6-9-36)32-22(15-31-18)37-10-12-38(13-11-37)26-34-20-7-14-42(40)23(20)24(35-26)33-21(17(2)3)16-41-25(39)27(28,29)30/h15,17,21H,4-14,16H2,1-3H3,(H,33,34,35)/t21-,42?/m0/s1. The Kier molecular flexibility index (Phi) is 9.28. The van der Waals surface area contributed by atoms with Gasteiger partial charge in [-0.15, -0.1) is 0 Å². The molecule has 11 nitrogen and oxygen atoms in total. The lowest BCUT2D eigenvalue weighted by Gasteiger charge is -2.35. The summed E-state index contributed by atoms with van der Waals surface area (Å²) in [5.74, 6) is -0.403. The summed E-state index contributed by atoms with van der Waals surface area (Å²) in [5, 5.41) is 3.12. The molecule has 2 atom stereocenters. The fraction of sp³-hybridized carbons (Fsp3) is 0.667. The lowest BCUT2D eigenvalue weighted by molar-refractivity contribution is -0.200. The van der Waals surface area contributed by atoms with Crippen molar-refractivity contribution < 1.29 is 27.3 Å². The van der Waals surface area contributed by atoms with E-state index in [1.165, 1.54) is 0 Å². The zero-order valence-electron chi connectivity index (χ0n) is 24.1. The van der Waals surface area contributed by atoms with Gasteiger partial charge in [0.05, 0.1) is 23.6 Å². The second kappa shape index (κ2) is 12.8. The summed E-state index contributed by atoms with van der Waals surface area (Å²) in [6.45, 7) is 10.9. The van der Waals surface area contributed by atoms with E-state index >= 15 is 0 Å². The van der Waals surface area contributed by atoms with Crippen molar-refractivity contribution >= 4 is 34.7 Å². The lowest BCUT2D eigenvalue weighted by atomic mass is 10.1. The van der Waals surface area contributed by atoms with Crippen molar-refractivity contribution in [3.8, 4) is 0 Å². The molecule has 42 heavy (non-hydrogen) atoms. The molecule has 1 unspecified atom stereocenters. The van der Waals surface area contributed by atoms with Crippen LogP contribution in [-0.4, -0.2) is 106 Å². The molecule has 3 aliphatic rings. The van der Waals surface area contributed by atoms with Crippen LogP contribution in [0.1, 0.15) is 37.9 Å². The van der Waals surface area contributed by atoms with E-state index < -0.39 is 36.0 Å². The smallest absolute Gasteiger partial charge is 0.490 e. The maximum absolute atomic E-state index is 12.8. The van der Waals surface area contributed by atoms with Gasteiger partial charge in [-0.05, 0) is 23.6 Å². The molecule has 0 spiro atoms.